The lowest BCUT2D eigenvalue weighted by molar-refractivity contribution is 0.483. The summed E-state index contributed by atoms with van der Waals surface area (Å²) in [4.78, 5) is 13.5. The Bertz CT molecular complexity index is 1330. The number of nitrogens with one attached hydrogen (secondary N) is 1. The van der Waals surface area contributed by atoms with Crippen molar-refractivity contribution < 1.29 is 4.74 Å². The summed E-state index contributed by atoms with van der Waals surface area (Å²) in [5.41, 5.74) is 9.47. The van der Waals surface area contributed by atoms with E-state index in [9.17, 15) is 0 Å². The Morgan fingerprint density at radius 3 is 2.53 bits per heavy atom. The number of fused-ring (bicyclic) bond motifs is 1. The molecule has 0 unspecified atom stereocenters. The molecule has 32 heavy (non-hydrogen) atoms. The molecule has 158 valence electrons. The lowest BCUT2D eigenvalue weighted by Gasteiger charge is -2.09. The fourth-order valence-electron chi connectivity index (χ4n) is 3.44. The summed E-state index contributed by atoms with van der Waals surface area (Å²) in [6.07, 6.45) is 4.40. The Labute approximate surface area is 185 Å². The number of aromatic nitrogens is 4. The van der Waals surface area contributed by atoms with Gasteiger partial charge in [0.25, 0.3) is 0 Å². The van der Waals surface area contributed by atoms with Crippen molar-refractivity contribution in [2.75, 3.05) is 17.6 Å². The van der Waals surface area contributed by atoms with Crippen LogP contribution in [0.3, 0.4) is 0 Å². The largest absolute Gasteiger partial charge is 0.457 e. The molecule has 0 saturated carbocycles. The molecule has 3 aromatic carbocycles. The average Bonchev–Trinajstić information content (AvgIpc) is 3.25. The quantitative estimate of drug-likeness (QED) is 0.365. The van der Waals surface area contributed by atoms with Crippen LogP contribution in [0.25, 0.3) is 16.9 Å². The van der Waals surface area contributed by atoms with E-state index in [1.807, 2.05) is 71.3 Å². The second-order valence-electron chi connectivity index (χ2n) is 7.34. The maximum atomic E-state index is 5.98. The van der Waals surface area contributed by atoms with Gasteiger partial charge in [-0.05, 0) is 54.4 Å². The van der Waals surface area contributed by atoms with Crippen molar-refractivity contribution in [2.45, 2.75) is 6.42 Å². The Morgan fingerprint density at radius 1 is 0.875 bits per heavy atom. The number of hydrogen-bond donors (Lipinski definition) is 2. The molecule has 0 bridgehead atoms. The third kappa shape index (κ3) is 4.37. The average molecular weight is 422 g/mol. The number of anilines is 2. The fourth-order valence-corrected chi connectivity index (χ4v) is 3.44. The van der Waals surface area contributed by atoms with Crippen LogP contribution in [0, 0.1) is 0 Å². The van der Waals surface area contributed by atoms with E-state index in [0.717, 1.165) is 35.6 Å². The lowest BCUT2D eigenvalue weighted by Crippen LogP contribution is -2.09. The molecule has 2 heterocycles. The molecule has 0 atom stereocenters. The minimum Gasteiger partial charge on any atom is -0.457 e. The van der Waals surface area contributed by atoms with E-state index in [1.165, 1.54) is 5.56 Å². The zero-order valence-electron chi connectivity index (χ0n) is 17.3. The van der Waals surface area contributed by atoms with Crippen LogP contribution in [-0.4, -0.2) is 26.1 Å². The van der Waals surface area contributed by atoms with Crippen LogP contribution in [0.2, 0.25) is 0 Å². The summed E-state index contributed by atoms with van der Waals surface area (Å²) in [6, 6.07) is 25.3. The maximum absolute atomic E-state index is 5.98. The van der Waals surface area contributed by atoms with Gasteiger partial charge in [-0.1, -0.05) is 30.3 Å². The zero-order valence-corrected chi connectivity index (χ0v) is 17.3. The summed E-state index contributed by atoms with van der Waals surface area (Å²) >= 11 is 0. The van der Waals surface area contributed by atoms with E-state index in [4.69, 9.17) is 10.5 Å². The first kappa shape index (κ1) is 19.6. The van der Waals surface area contributed by atoms with Crippen LogP contribution in [-0.2, 0) is 6.42 Å². The molecule has 0 amide bonds. The number of ether oxygens (including phenoxy) is 1. The zero-order chi connectivity index (χ0) is 21.8. The smallest absolute Gasteiger partial charge is 0.224 e. The number of nitrogen functional groups attached to an aromatic ring is 1. The number of benzene rings is 3. The number of rotatable bonds is 7. The standard InChI is InChI=1S/C25H22N6O/c26-19-6-8-20(9-7-19)32-21-10-11-22-23(16-21)31(17-29-22)24-13-15-28-25(30-24)27-14-12-18-4-2-1-3-5-18/h1-11,13,15-17H,12,14,26H2,(H,27,28,30). The highest BCUT2D eigenvalue weighted by Gasteiger charge is 2.09. The van der Waals surface area contributed by atoms with Crippen LogP contribution in [0.15, 0.2) is 91.4 Å². The number of nitrogens with two attached hydrogens (primary N) is 1. The molecule has 7 nitrogen and oxygen atoms in total. The molecular weight excluding hydrogens is 400 g/mol. The predicted molar refractivity (Wildman–Crippen MR) is 126 cm³/mol. The molecule has 0 fully saturated rings. The Kier molecular flexibility index (Phi) is 5.36. The van der Waals surface area contributed by atoms with Crippen LogP contribution in [0.4, 0.5) is 11.6 Å². The van der Waals surface area contributed by atoms with Crippen LogP contribution in [0.1, 0.15) is 5.56 Å². The Morgan fingerprint density at radius 2 is 1.69 bits per heavy atom. The highest BCUT2D eigenvalue weighted by molar-refractivity contribution is 5.78. The van der Waals surface area contributed by atoms with E-state index in [1.54, 1.807) is 12.5 Å². The van der Waals surface area contributed by atoms with E-state index >= 15 is 0 Å². The molecule has 0 spiro atoms. The third-order valence-electron chi connectivity index (χ3n) is 5.06. The normalized spacial score (nSPS) is 10.9. The van der Waals surface area contributed by atoms with Crippen molar-refractivity contribution >= 4 is 22.7 Å². The van der Waals surface area contributed by atoms with Gasteiger partial charge in [0.05, 0.1) is 11.0 Å². The predicted octanol–water partition coefficient (Wildman–Crippen LogP) is 4.84. The lowest BCUT2D eigenvalue weighted by atomic mass is 10.1. The van der Waals surface area contributed by atoms with Crippen LogP contribution in [0.5, 0.6) is 11.5 Å². The number of nitrogens with zero attached hydrogens (tertiary/aromatic N) is 4. The minimum atomic E-state index is 0.578. The Hall–Kier alpha value is -4.39. The van der Waals surface area contributed by atoms with Crippen molar-refractivity contribution in [3.8, 4) is 17.3 Å². The molecule has 5 aromatic rings. The second-order valence-corrected chi connectivity index (χ2v) is 7.34. The van der Waals surface area contributed by atoms with E-state index in [0.29, 0.717) is 17.4 Å². The first-order valence-corrected chi connectivity index (χ1v) is 10.4. The van der Waals surface area contributed by atoms with Crippen molar-refractivity contribution in [1.29, 1.82) is 0 Å². The number of hydrogen-bond acceptors (Lipinski definition) is 6. The highest BCUT2D eigenvalue weighted by atomic mass is 16.5. The van der Waals surface area contributed by atoms with Crippen molar-refractivity contribution in [3.05, 3.63) is 97.0 Å². The van der Waals surface area contributed by atoms with Gasteiger partial charge in [-0.2, -0.15) is 4.98 Å². The summed E-state index contributed by atoms with van der Waals surface area (Å²) in [5, 5.41) is 3.30. The molecule has 0 aliphatic rings. The molecule has 2 aromatic heterocycles. The van der Waals surface area contributed by atoms with Gasteiger partial charge >= 0.3 is 0 Å². The molecule has 7 heteroatoms. The second kappa shape index (κ2) is 8.77. The van der Waals surface area contributed by atoms with E-state index < -0.39 is 0 Å². The molecule has 0 saturated heterocycles. The first-order chi connectivity index (χ1) is 15.7. The van der Waals surface area contributed by atoms with Gasteiger partial charge in [0.2, 0.25) is 5.95 Å². The maximum Gasteiger partial charge on any atom is 0.224 e. The van der Waals surface area contributed by atoms with Gasteiger partial charge in [-0.3, -0.25) is 4.57 Å². The van der Waals surface area contributed by atoms with Gasteiger partial charge in [0, 0.05) is 24.5 Å². The summed E-state index contributed by atoms with van der Waals surface area (Å²) < 4.78 is 7.90. The van der Waals surface area contributed by atoms with Gasteiger partial charge in [0.1, 0.15) is 23.6 Å². The topological polar surface area (TPSA) is 90.9 Å². The summed E-state index contributed by atoms with van der Waals surface area (Å²) in [5.74, 6) is 2.74. The van der Waals surface area contributed by atoms with Gasteiger partial charge in [0.15, 0.2) is 0 Å². The van der Waals surface area contributed by atoms with Crippen molar-refractivity contribution in [1.82, 2.24) is 19.5 Å². The minimum absolute atomic E-state index is 0.578. The van der Waals surface area contributed by atoms with Gasteiger partial charge in [-0.25, -0.2) is 9.97 Å². The van der Waals surface area contributed by atoms with E-state index in [-0.39, 0.29) is 0 Å². The molecule has 5 rings (SSSR count). The van der Waals surface area contributed by atoms with Crippen LogP contribution < -0.4 is 15.8 Å². The molecular formula is C25H22N6O. The SMILES string of the molecule is Nc1ccc(Oc2ccc3ncn(-c4ccnc(NCCc5ccccc5)n4)c3c2)cc1. The van der Waals surface area contributed by atoms with Gasteiger partial charge < -0.3 is 15.8 Å². The Balaban J connectivity index is 1.35. The number of imidazole rings is 1. The summed E-state index contributed by atoms with van der Waals surface area (Å²) in [6.45, 7) is 0.748. The van der Waals surface area contributed by atoms with Crippen molar-refractivity contribution in [2.24, 2.45) is 0 Å². The first-order valence-electron chi connectivity index (χ1n) is 10.4. The van der Waals surface area contributed by atoms with Crippen molar-refractivity contribution in [3.63, 3.8) is 0 Å². The molecule has 3 N–H and O–H groups in total. The third-order valence-corrected chi connectivity index (χ3v) is 5.06. The fraction of sp³-hybridized carbons (Fsp3) is 0.0800. The summed E-state index contributed by atoms with van der Waals surface area (Å²) in [7, 11) is 0. The molecule has 0 aliphatic carbocycles. The van der Waals surface area contributed by atoms with E-state index in [2.05, 4.69) is 32.4 Å². The van der Waals surface area contributed by atoms with Gasteiger partial charge in [-0.15, -0.1) is 0 Å². The monoisotopic (exact) mass is 422 g/mol. The highest BCUT2D eigenvalue weighted by Crippen LogP contribution is 2.27. The molecule has 0 radical (unpaired) electrons. The molecule has 0 aliphatic heterocycles. The van der Waals surface area contributed by atoms with Crippen LogP contribution >= 0.6 is 0 Å².